The Kier molecular flexibility index (Phi) is 9.45. The van der Waals surface area contributed by atoms with Crippen molar-refractivity contribution in [1.29, 1.82) is 0 Å². The highest BCUT2D eigenvalue weighted by Gasteiger charge is 2.34. The molecule has 5 aromatic rings. The fourth-order valence-electron chi connectivity index (χ4n) is 5.85. The van der Waals surface area contributed by atoms with Crippen LogP contribution in [0.4, 0.5) is 0 Å². The minimum atomic E-state index is -0.371. The summed E-state index contributed by atoms with van der Waals surface area (Å²) in [5, 5.41) is 9.62. The lowest BCUT2D eigenvalue weighted by Crippen LogP contribution is -2.56. The molecule has 3 aromatic carbocycles. The molecule has 2 aromatic heterocycles. The normalized spacial score (nSPS) is 15.0. The van der Waals surface area contributed by atoms with Gasteiger partial charge in [0, 0.05) is 43.5 Å². The average Bonchev–Trinajstić information content (AvgIpc) is 3.75. The van der Waals surface area contributed by atoms with E-state index in [0.717, 1.165) is 27.7 Å². The second kappa shape index (κ2) is 14.0. The molecule has 2 amide bonds. The van der Waals surface area contributed by atoms with Crippen LogP contribution in [0.5, 0.6) is 0 Å². The van der Waals surface area contributed by atoms with Crippen LogP contribution in [0.25, 0.3) is 17.3 Å². The molecule has 6 rings (SSSR count). The van der Waals surface area contributed by atoms with Gasteiger partial charge in [-0.25, -0.2) is 0 Å². The number of amides is 2. The van der Waals surface area contributed by atoms with Gasteiger partial charge in [0.25, 0.3) is 0 Å². The first kappa shape index (κ1) is 30.4. The molecule has 0 N–H and O–H groups in total. The molecule has 0 bridgehead atoms. The molecule has 1 atom stereocenters. The van der Waals surface area contributed by atoms with Crippen molar-refractivity contribution >= 4 is 23.6 Å². The van der Waals surface area contributed by atoms with Gasteiger partial charge in [-0.3, -0.25) is 14.2 Å². The minimum Gasteiger partial charge on any atom is -0.461 e. The fourth-order valence-corrected chi connectivity index (χ4v) is 6.74. The highest BCUT2D eigenvalue weighted by atomic mass is 32.2. The predicted octanol–water partition coefficient (Wildman–Crippen LogP) is 6.60. The molecule has 0 spiro atoms. The van der Waals surface area contributed by atoms with Crippen molar-refractivity contribution in [3.63, 3.8) is 0 Å². The monoisotopic (exact) mass is 619 g/mol. The number of piperazine rings is 1. The van der Waals surface area contributed by atoms with E-state index in [1.165, 1.54) is 5.56 Å². The van der Waals surface area contributed by atoms with Crippen LogP contribution in [0.1, 0.15) is 42.4 Å². The lowest BCUT2D eigenvalue weighted by molar-refractivity contribution is -0.142. The third kappa shape index (κ3) is 6.88. The second-order valence-corrected chi connectivity index (χ2v) is 12.4. The van der Waals surface area contributed by atoms with E-state index >= 15 is 0 Å². The maximum Gasteiger partial charge on any atom is 0.234 e. The molecule has 1 unspecified atom stereocenters. The molecular formula is C36H37N5O3S. The van der Waals surface area contributed by atoms with Gasteiger partial charge >= 0.3 is 0 Å². The Balaban J connectivity index is 1.06. The molecule has 230 valence electrons. The largest absolute Gasteiger partial charge is 0.461 e. The Hall–Kier alpha value is -4.63. The zero-order valence-electron chi connectivity index (χ0n) is 25.6. The molecule has 45 heavy (non-hydrogen) atoms. The third-order valence-electron chi connectivity index (χ3n) is 8.21. The van der Waals surface area contributed by atoms with Gasteiger partial charge in [-0.2, -0.15) is 0 Å². The molecule has 0 saturated carbocycles. The van der Waals surface area contributed by atoms with Gasteiger partial charge in [-0.1, -0.05) is 90.1 Å². The fraction of sp³-hybridized carbons (Fsp3) is 0.278. The topological polar surface area (TPSA) is 84.5 Å². The van der Waals surface area contributed by atoms with E-state index in [1.54, 1.807) is 18.0 Å². The molecule has 0 radical (unpaired) electrons. The van der Waals surface area contributed by atoms with E-state index in [1.807, 2.05) is 106 Å². The van der Waals surface area contributed by atoms with Crippen LogP contribution < -0.4 is 0 Å². The van der Waals surface area contributed by atoms with E-state index in [2.05, 4.69) is 29.3 Å². The van der Waals surface area contributed by atoms with Crippen LogP contribution >= 0.6 is 11.8 Å². The standard InChI is InChI=1S/C36H37N5O3S/c1-26-17-19-30(20-18-26)41-34(31-15-9-23-44-31)37-38-36(41)45-24-10-16-32(42)39-21-22-40(27(2)25-39)35(43)33(28-11-5-3-6-12-28)29-13-7-4-8-14-29/h3-9,11-15,17-20,23,27,33H,10,16,21-22,24-25H2,1-2H3. The number of aromatic nitrogens is 3. The van der Waals surface area contributed by atoms with Gasteiger partial charge < -0.3 is 14.2 Å². The number of furan rings is 1. The summed E-state index contributed by atoms with van der Waals surface area (Å²) in [4.78, 5) is 31.1. The maximum atomic E-state index is 14.0. The first-order chi connectivity index (χ1) is 22.0. The zero-order chi connectivity index (χ0) is 31.2. The molecule has 1 aliphatic heterocycles. The summed E-state index contributed by atoms with van der Waals surface area (Å²) in [5.74, 6) is 1.84. The van der Waals surface area contributed by atoms with Crippen molar-refractivity contribution in [3.05, 3.63) is 120 Å². The van der Waals surface area contributed by atoms with Gasteiger partial charge in [-0.05, 0) is 55.7 Å². The van der Waals surface area contributed by atoms with E-state index in [0.29, 0.717) is 44.1 Å². The van der Waals surface area contributed by atoms with Crippen LogP contribution in [0.15, 0.2) is 113 Å². The minimum absolute atomic E-state index is 0.0763. The summed E-state index contributed by atoms with van der Waals surface area (Å²) in [6, 6.07) is 31.7. The van der Waals surface area contributed by atoms with Gasteiger partial charge in [0.2, 0.25) is 17.6 Å². The van der Waals surface area contributed by atoms with E-state index < -0.39 is 0 Å². The highest BCUT2D eigenvalue weighted by Crippen LogP contribution is 2.30. The number of hydrogen-bond donors (Lipinski definition) is 0. The van der Waals surface area contributed by atoms with Crippen LogP contribution in [-0.4, -0.2) is 67.8 Å². The number of aryl methyl sites for hydroxylation is 1. The van der Waals surface area contributed by atoms with Gasteiger partial charge in [0.05, 0.1) is 12.2 Å². The predicted molar refractivity (Wildman–Crippen MR) is 176 cm³/mol. The number of carbonyl (C=O) groups is 2. The summed E-state index contributed by atoms with van der Waals surface area (Å²) in [6.07, 6.45) is 2.77. The van der Waals surface area contributed by atoms with Crippen LogP contribution in [0, 0.1) is 6.92 Å². The van der Waals surface area contributed by atoms with Gasteiger partial charge in [0.1, 0.15) is 0 Å². The van der Waals surface area contributed by atoms with Crippen molar-refractivity contribution in [2.75, 3.05) is 25.4 Å². The Morgan fingerprint density at radius 2 is 1.58 bits per heavy atom. The zero-order valence-corrected chi connectivity index (χ0v) is 26.4. The quantitative estimate of drug-likeness (QED) is 0.129. The van der Waals surface area contributed by atoms with Gasteiger partial charge in [0.15, 0.2) is 10.9 Å². The smallest absolute Gasteiger partial charge is 0.234 e. The summed E-state index contributed by atoms with van der Waals surface area (Å²) in [7, 11) is 0. The molecule has 8 nitrogen and oxygen atoms in total. The van der Waals surface area contributed by atoms with Crippen molar-refractivity contribution in [3.8, 4) is 17.3 Å². The van der Waals surface area contributed by atoms with Crippen molar-refractivity contribution < 1.29 is 14.0 Å². The highest BCUT2D eigenvalue weighted by molar-refractivity contribution is 7.99. The summed E-state index contributed by atoms with van der Waals surface area (Å²) < 4.78 is 7.63. The second-order valence-electron chi connectivity index (χ2n) is 11.4. The lowest BCUT2D eigenvalue weighted by atomic mass is 9.89. The first-order valence-electron chi connectivity index (χ1n) is 15.4. The third-order valence-corrected chi connectivity index (χ3v) is 9.22. The molecule has 1 saturated heterocycles. The number of benzene rings is 3. The molecule has 0 aliphatic carbocycles. The van der Waals surface area contributed by atoms with E-state index in [9.17, 15) is 9.59 Å². The lowest BCUT2D eigenvalue weighted by Gasteiger charge is -2.41. The Bertz CT molecular complexity index is 1670. The number of hydrogen-bond acceptors (Lipinski definition) is 6. The Morgan fingerprint density at radius 3 is 2.20 bits per heavy atom. The van der Waals surface area contributed by atoms with Crippen LogP contribution in [0.3, 0.4) is 0 Å². The average molecular weight is 620 g/mol. The SMILES string of the molecule is Cc1ccc(-n2c(SCCCC(=O)N3CCN(C(=O)C(c4ccccc4)c4ccccc4)C(C)C3)nnc2-c2ccco2)cc1. The molecule has 1 aliphatic rings. The number of carbonyl (C=O) groups excluding carboxylic acids is 2. The summed E-state index contributed by atoms with van der Waals surface area (Å²) in [5.41, 5.74) is 4.09. The number of rotatable bonds is 10. The molecular weight excluding hydrogens is 582 g/mol. The maximum absolute atomic E-state index is 14.0. The molecule has 1 fully saturated rings. The van der Waals surface area contributed by atoms with E-state index in [4.69, 9.17) is 4.42 Å². The Labute approximate surface area is 268 Å². The van der Waals surface area contributed by atoms with Gasteiger partial charge in [-0.15, -0.1) is 10.2 Å². The molecule has 9 heteroatoms. The Morgan fingerprint density at radius 1 is 0.889 bits per heavy atom. The first-order valence-corrected chi connectivity index (χ1v) is 16.4. The number of thioether (sulfide) groups is 1. The van der Waals surface area contributed by atoms with Crippen LogP contribution in [0.2, 0.25) is 0 Å². The number of nitrogens with zero attached hydrogens (tertiary/aromatic N) is 5. The van der Waals surface area contributed by atoms with Crippen molar-refractivity contribution in [1.82, 2.24) is 24.6 Å². The van der Waals surface area contributed by atoms with Crippen molar-refractivity contribution in [2.24, 2.45) is 0 Å². The summed E-state index contributed by atoms with van der Waals surface area (Å²) in [6.45, 7) is 5.68. The van der Waals surface area contributed by atoms with E-state index in [-0.39, 0.29) is 23.8 Å². The molecule has 3 heterocycles. The van der Waals surface area contributed by atoms with Crippen molar-refractivity contribution in [2.45, 2.75) is 43.8 Å². The summed E-state index contributed by atoms with van der Waals surface area (Å²) >= 11 is 1.58. The van der Waals surface area contributed by atoms with Crippen LogP contribution in [-0.2, 0) is 9.59 Å².